The lowest BCUT2D eigenvalue weighted by Crippen LogP contribution is -2.23. The molecule has 0 amide bonds. The second kappa shape index (κ2) is 5.25. The number of rotatable bonds is 4. The Bertz CT molecular complexity index is 330. The van der Waals surface area contributed by atoms with Gasteiger partial charge in [-0.25, -0.2) is 4.98 Å². The molecule has 1 aromatic rings. The normalized spacial score (nSPS) is 11.8. The molecule has 14 heavy (non-hydrogen) atoms. The van der Waals surface area contributed by atoms with E-state index in [0.717, 1.165) is 5.56 Å². The lowest BCUT2D eigenvalue weighted by Gasteiger charge is -2.09. The molecule has 1 heterocycles. The van der Waals surface area contributed by atoms with Crippen LogP contribution in [0.4, 0.5) is 0 Å². The van der Waals surface area contributed by atoms with Gasteiger partial charge in [-0.1, -0.05) is 12.0 Å². The number of hydrogen-bond donors (Lipinski definition) is 1. The van der Waals surface area contributed by atoms with Gasteiger partial charge in [0, 0.05) is 18.3 Å². The van der Waals surface area contributed by atoms with Crippen LogP contribution < -0.4 is 10.1 Å². The molecule has 0 aliphatic carbocycles. The number of terminal acetylenes is 1. The fraction of sp³-hybridized carbons (Fsp3) is 0.364. The molecule has 0 fully saturated rings. The molecule has 1 rings (SSSR count). The van der Waals surface area contributed by atoms with Crippen molar-refractivity contribution in [2.75, 3.05) is 7.11 Å². The molecule has 0 aliphatic rings. The van der Waals surface area contributed by atoms with Crippen LogP contribution in [0.5, 0.6) is 5.88 Å². The Morgan fingerprint density at radius 3 is 3.14 bits per heavy atom. The Labute approximate surface area is 84.5 Å². The van der Waals surface area contributed by atoms with Gasteiger partial charge in [0.15, 0.2) is 0 Å². The predicted octanol–water partition coefficient (Wildman–Crippen LogP) is 1.20. The van der Waals surface area contributed by atoms with Crippen LogP contribution in [0.1, 0.15) is 12.5 Å². The van der Waals surface area contributed by atoms with Crippen LogP contribution in [-0.4, -0.2) is 18.1 Å². The SMILES string of the molecule is C#CC(C)NCc1cccnc1OC. The van der Waals surface area contributed by atoms with Crippen LogP contribution in [-0.2, 0) is 6.54 Å². The summed E-state index contributed by atoms with van der Waals surface area (Å²) in [5.41, 5.74) is 1.01. The molecule has 1 atom stereocenters. The number of pyridine rings is 1. The van der Waals surface area contributed by atoms with Gasteiger partial charge in [0.2, 0.25) is 5.88 Å². The summed E-state index contributed by atoms with van der Waals surface area (Å²) in [5.74, 6) is 3.24. The molecule has 0 bridgehead atoms. The highest BCUT2D eigenvalue weighted by Crippen LogP contribution is 2.12. The zero-order valence-electron chi connectivity index (χ0n) is 8.45. The zero-order valence-corrected chi connectivity index (χ0v) is 8.45. The van der Waals surface area contributed by atoms with E-state index >= 15 is 0 Å². The van der Waals surface area contributed by atoms with Crippen molar-refractivity contribution in [3.8, 4) is 18.2 Å². The van der Waals surface area contributed by atoms with E-state index in [4.69, 9.17) is 11.2 Å². The summed E-state index contributed by atoms with van der Waals surface area (Å²) in [6.45, 7) is 2.60. The van der Waals surface area contributed by atoms with Crippen molar-refractivity contribution in [2.45, 2.75) is 19.5 Å². The number of hydrogen-bond acceptors (Lipinski definition) is 3. The van der Waals surface area contributed by atoms with E-state index in [9.17, 15) is 0 Å². The summed E-state index contributed by atoms with van der Waals surface area (Å²) in [4.78, 5) is 4.09. The standard InChI is InChI=1S/C11H14N2O/c1-4-9(2)13-8-10-6-5-7-12-11(10)14-3/h1,5-7,9,13H,8H2,2-3H3. The van der Waals surface area contributed by atoms with Crippen LogP contribution in [0.15, 0.2) is 18.3 Å². The second-order valence-corrected chi connectivity index (χ2v) is 2.94. The van der Waals surface area contributed by atoms with Gasteiger partial charge >= 0.3 is 0 Å². The molecule has 0 aromatic carbocycles. The van der Waals surface area contributed by atoms with Crippen molar-refractivity contribution in [3.05, 3.63) is 23.9 Å². The number of nitrogens with zero attached hydrogens (tertiary/aromatic N) is 1. The van der Waals surface area contributed by atoms with Gasteiger partial charge < -0.3 is 4.74 Å². The second-order valence-electron chi connectivity index (χ2n) is 2.94. The summed E-state index contributed by atoms with van der Waals surface area (Å²) in [6, 6.07) is 3.89. The van der Waals surface area contributed by atoms with Gasteiger partial charge in [-0.3, -0.25) is 5.32 Å². The maximum Gasteiger partial charge on any atom is 0.217 e. The van der Waals surface area contributed by atoms with E-state index < -0.39 is 0 Å². The van der Waals surface area contributed by atoms with Crippen LogP contribution in [0, 0.1) is 12.3 Å². The molecule has 3 heteroatoms. The zero-order chi connectivity index (χ0) is 10.4. The average Bonchev–Trinajstić information content (AvgIpc) is 2.26. The van der Waals surface area contributed by atoms with Crippen LogP contribution in [0.3, 0.4) is 0 Å². The van der Waals surface area contributed by atoms with Gasteiger partial charge in [0.25, 0.3) is 0 Å². The van der Waals surface area contributed by atoms with E-state index in [-0.39, 0.29) is 6.04 Å². The van der Waals surface area contributed by atoms with E-state index in [0.29, 0.717) is 12.4 Å². The monoisotopic (exact) mass is 190 g/mol. The Morgan fingerprint density at radius 1 is 1.71 bits per heavy atom. The minimum absolute atomic E-state index is 0.0555. The molecule has 0 saturated carbocycles. The Hall–Kier alpha value is -1.53. The third-order valence-electron chi connectivity index (χ3n) is 1.89. The number of ether oxygens (including phenoxy) is 1. The van der Waals surface area contributed by atoms with Crippen molar-refractivity contribution in [3.63, 3.8) is 0 Å². The first-order chi connectivity index (χ1) is 6.77. The largest absolute Gasteiger partial charge is 0.481 e. The van der Waals surface area contributed by atoms with Gasteiger partial charge in [-0.15, -0.1) is 6.42 Å². The molecule has 1 aromatic heterocycles. The molecule has 3 nitrogen and oxygen atoms in total. The van der Waals surface area contributed by atoms with Gasteiger partial charge in [0.05, 0.1) is 13.2 Å². The van der Waals surface area contributed by atoms with Crippen molar-refractivity contribution in [2.24, 2.45) is 0 Å². The predicted molar refractivity (Wildman–Crippen MR) is 55.9 cm³/mol. The van der Waals surface area contributed by atoms with Gasteiger partial charge in [0.1, 0.15) is 0 Å². The first kappa shape index (κ1) is 10.6. The minimum Gasteiger partial charge on any atom is -0.481 e. The third kappa shape index (κ3) is 2.75. The molecule has 0 aliphatic heterocycles. The highest BCUT2D eigenvalue weighted by atomic mass is 16.5. The first-order valence-corrected chi connectivity index (χ1v) is 4.45. The molecular formula is C11H14N2O. The average molecular weight is 190 g/mol. The van der Waals surface area contributed by atoms with Crippen LogP contribution >= 0.6 is 0 Å². The first-order valence-electron chi connectivity index (χ1n) is 4.45. The maximum absolute atomic E-state index is 5.25. The summed E-state index contributed by atoms with van der Waals surface area (Å²) in [7, 11) is 1.61. The molecule has 1 unspecified atom stereocenters. The van der Waals surface area contributed by atoms with Crippen molar-refractivity contribution in [1.29, 1.82) is 0 Å². The van der Waals surface area contributed by atoms with Gasteiger partial charge in [-0.2, -0.15) is 0 Å². The maximum atomic E-state index is 5.25. The van der Waals surface area contributed by atoms with E-state index in [1.807, 2.05) is 19.1 Å². The van der Waals surface area contributed by atoms with Crippen molar-refractivity contribution < 1.29 is 4.74 Å². The van der Waals surface area contributed by atoms with E-state index in [1.165, 1.54) is 0 Å². The molecule has 0 spiro atoms. The molecule has 0 radical (unpaired) electrons. The molecule has 1 N–H and O–H groups in total. The Balaban J connectivity index is 2.63. The minimum atomic E-state index is 0.0555. The lowest BCUT2D eigenvalue weighted by atomic mass is 10.2. The highest BCUT2D eigenvalue weighted by Gasteiger charge is 2.03. The third-order valence-corrected chi connectivity index (χ3v) is 1.89. The Kier molecular flexibility index (Phi) is 3.96. The number of nitrogens with one attached hydrogen (secondary N) is 1. The van der Waals surface area contributed by atoms with E-state index in [2.05, 4.69) is 16.2 Å². The summed E-state index contributed by atoms with van der Waals surface area (Å²) in [5, 5.41) is 3.17. The smallest absolute Gasteiger partial charge is 0.217 e. The molecule has 0 saturated heterocycles. The Morgan fingerprint density at radius 2 is 2.50 bits per heavy atom. The van der Waals surface area contributed by atoms with Crippen LogP contribution in [0.2, 0.25) is 0 Å². The summed E-state index contributed by atoms with van der Waals surface area (Å²) < 4.78 is 5.11. The fourth-order valence-electron chi connectivity index (χ4n) is 1.06. The number of methoxy groups -OCH3 is 1. The van der Waals surface area contributed by atoms with Crippen molar-refractivity contribution >= 4 is 0 Å². The van der Waals surface area contributed by atoms with E-state index in [1.54, 1.807) is 13.3 Å². The molecular weight excluding hydrogens is 176 g/mol. The number of aromatic nitrogens is 1. The molecule has 74 valence electrons. The van der Waals surface area contributed by atoms with Crippen molar-refractivity contribution in [1.82, 2.24) is 10.3 Å². The topological polar surface area (TPSA) is 34.2 Å². The summed E-state index contributed by atoms with van der Waals surface area (Å²) >= 11 is 0. The quantitative estimate of drug-likeness (QED) is 0.724. The van der Waals surface area contributed by atoms with Gasteiger partial charge in [-0.05, 0) is 13.0 Å². The summed E-state index contributed by atoms with van der Waals surface area (Å²) in [6.07, 6.45) is 6.95. The van der Waals surface area contributed by atoms with Crippen LogP contribution in [0.25, 0.3) is 0 Å². The fourth-order valence-corrected chi connectivity index (χ4v) is 1.06. The lowest BCUT2D eigenvalue weighted by molar-refractivity contribution is 0.390. The highest BCUT2D eigenvalue weighted by molar-refractivity contribution is 5.25.